The number of hydrogen-bond donors (Lipinski definition) is 0. The van der Waals surface area contributed by atoms with Gasteiger partial charge in [-0.3, -0.25) is 4.90 Å². The minimum Gasteiger partial charge on any atom is -0.301 e. The van der Waals surface area contributed by atoms with Gasteiger partial charge in [0.2, 0.25) is 0 Å². The van der Waals surface area contributed by atoms with Crippen LogP contribution in [-0.4, -0.2) is 54.5 Å². The first kappa shape index (κ1) is 15.2. The molecule has 1 unspecified atom stereocenters. The topological polar surface area (TPSA) is 6.48 Å². The maximum atomic E-state index is 14.5. The van der Waals surface area contributed by atoms with Gasteiger partial charge in [0, 0.05) is 25.7 Å². The van der Waals surface area contributed by atoms with Crippen LogP contribution in [-0.2, 0) is 0 Å². The Labute approximate surface area is 116 Å². The lowest BCUT2D eigenvalue weighted by molar-refractivity contribution is -0.229. The van der Waals surface area contributed by atoms with E-state index in [2.05, 4.69) is 32.6 Å². The van der Waals surface area contributed by atoms with Crippen molar-refractivity contribution in [2.45, 2.75) is 52.5 Å². The Balaban J connectivity index is 1.95. The molecule has 4 heteroatoms. The van der Waals surface area contributed by atoms with Gasteiger partial charge in [0.1, 0.15) is 0 Å². The molecule has 0 aliphatic carbocycles. The molecular formula is C15H28F2N2. The third-order valence-electron chi connectivity index (χ3n) is 4.95. The summed E-state index contributed by atoms with van der Waals surface area (Å²) in [5, 5.41) is 0. The summed E-state index contributed by atoms with van der Waals surface area (Å²) in [5.41, 5.74) is -0.730. The van der Waals surface area contributed by atoms with Crippen LogP contribution >= 0.6 is 0 Å². The molecule has 0 N–H and O–H groups in total. The Kier molecular flexibility index (Phi) is 4.22. The molecule has 0 aromatic rings. The number of likely N-dealkylation sites (tertiary alicyclic amines) is 2. The number of halogens is 2. The Morgan fingerprint density at radius 3 is 2.21 bits per heavy atom. The molecule has 0 bridgehead atoms. The highest BCUT2D eigenvalue weighted by Gasteiger charge is 2.62. The molecule has 2 fully saturated rings. The standard InChI is InChI=1S/C15H28F2N2/c1-5-13(4)19-7-6-14(15(16,17)11-19)9-18(10-14)8-12(2)3/h12-13H,5-11H2,1-4H3. The van der Waals surface area contributed by atoms with Crippen LogP contribution in [0.1, 0.15) is 40.5 Å². The summed E-state index contributed by atoms with van der Waals surface area (Å²) in [5.74, 6) is -1.96. The van der Waals surface area contributed by atoms with Crippen LogP contribution in [0.4, 0.5) is 8.78 Å². The summed E-state index contributed by atoms with van der Waals surface area (Å²) < 4.78 is 29.0. The lowest BCUT2D eigenvalue weighted by Gasteiger charge is -2.58. The predicted molar refractivity (Wildman–Crippen MR) is 74.6 cm³/mol. The van der Waals surface area contributed by atoms with Crippen LogP contribution in [0, 0.1) is 11.3 Å². The normalized spacial score (nSPS) is 28.6. The summed E-state index contributed by atoms with van der Waals surface area (Å²) >= 11 is 0. The SMILES string of the molecule is CCC(C)N1CCC2(CN(CC(C)C)C2)C(F)(F)C1. The summed E-state index contributed by atoms with van der Waals surface area (Å²) in [4.78, 5) is 4.16. The molecule has 0 aromatic heterocycles. The van der Waals surface area contributed by atoms with Gasteiger partial charge in [-0.05, 0) is 32.2 Å². The highest BCUT2D eigenvalue weighted by Crippen LogP contribution is 2.50. The van der Waals surface area contributed by atoms with Crippen LogP contribution in [0.3, 0.4) is 0 Å². The second-order valence-corrected chi connectivity index (χ2v) is 7.03. The zero-order chi connectivity index (χ0) is 14.3. The molecular weight excluding hydrogens is 246 g/mol. The lowest BCUT2D eigenvalue weighted by Crippen LogP contribution is -2.70. The smallest absolute Gasteiger partial charge is 0.268 e. The van der Waals surface area contributed by atoms with Gasteiger partial charge >= 0.3 is 0 Å². The highest BCUT2D eigenvalue weighted by atomic mass is 19.3. The zero-order valence-electron chi connectivity index (χ0n) is 12.8. The quantitative estimate of drug-likeness (QED) is 0.777. The molecule has 2 aliphatic heterocycles. The number of nitrogens with zero attached hydrogens (tertiary/aromatic N) is 2. The molecule has 2 heterocycles. The van der Waals surface area contributed by atoms with Crippen LogP contribution in [0.5, 0.6) is 0 Å². The Bertz CT molecular complexity index is 311. The van der Waals surface area contributed by atoms with Gasteiger partial charge in [-0.1, -0.05) is 20.8 Å². The monoisotopic (exact) mass is 274 g/mol. The molecule has 2 nitrogen and oxygen atoms in total. The van der Waals surface area contributed by atoms with E-state index in [1.54, 1.807) is 0 Å². The van der Waals surface area contributed by atoms with E-state index >= 15 is 0 Å². The van der Waals surface area contributed by atoms with Crippen molar-refractivity contribution in [3.63, 3.8) is 0 Å². The molecule has 2 aliphatic rings. The van der Waals surface area contributed by atoms with Gasteiger partial charge in [0.05, 0.1) is 12.0 Å². The average Bonchev–Trinajstić information content (AvgIpc) is 2.27. The average molecular weight is 274 g/mol. The molecule has 0 aromatic carbocycles. The third-order valence-corrected chi connectivity index (χ3v) is 4.95. The van der Waals surface area contributed by atoms with Gasteiger partial charge in [0.25, 0.3) is 5.92 Å². The number of hydrogen-bond acceptors (Lipinski definition) is 2. The largest absolute Gasteiger partial charge is 0.301 e. The van der Waals surface area contributed by atoms with Crippen molar-refractivity contribution in [3.8, 4) is 0 Å². The molecule has 0 radical (unpaired) electrons. The van der Waals surface area contributed by atoms with Crippen LogP contribution < -0.4 is 0 Å². The fraction of sp³-hybridized carbons (Fsp3) is 1.00. The minimum absolute atomic E-state index is 0.0441. The Morgan fingerprint density at radius 1 is 1.11 bits per heavy atom. The van der Waals surface area contributed by atoms with Gasteiger partial charge in [-0.2, -0.15) is 0 Å². The molecule has 112 valence electrons. The van der Waals surface area contributed by atoms with Crippen molar-refractivity contribution in [1.82, 2.24) is 9.80 Å². The van der Waals surface area contributed by atoms with Gasteiger partial charge in [0.15, 0.2) is 0 Å². The number of rotatable bonds is 4. The highest BCUT2D eigenvalue weighted by molar-refractivity contribution is 5.08. The van der Waals surface area contributed by atoms with E-state index in [0.29, 0.717) is 25.4 Å². The van der Waals surface area contributed by atoms with Crippen molar-refractivity contribution >= 4 is 0 Å². The second kappa shape index (κ2) is 5.28. The van der Waals surface area contributed by atoms with Gasteiger partial charge < -0.3 is 4.90 Å². The summed E-state index contributed by atoms with van der Waals surface area (Å²) in [6.07, 6.45) is 1.60. The third kappa shape index (κ3) is 2.80. The van der Waals surface area contributed by atoms with Crippen LogP contribution in [0.15, 0.2) is 0 Å². The van der Waals surface area contributed by atoms with E-state index in [1.165, 1.54) is 0 Å². The Morgan fingerprint density at radius 2 is 1.74 bits per heavy atom. The number of piperidine rings is 1. The molecule has 0 amide bonds. The van der Waals surface area contributed by atoms with E-state index in [-0.39, 0.29) is 12.6 Å². The van der Waals surface area contributed by atoms with Crippen molar-refractivity contribution in [2.24, 2.45) is 11.3 Å². The van der Waals surface area contributed by atoms with Crippen molar-refractivity contribution in [1.29, 1.82) is 0 Å². The van der Waals surface area contributed by atoms with E-state index in [0.717, 1.165) is 19.5 Å². The predicted octanol–water partition coefficient (Wildman–Crippen LogP) is 3.08. The first-order valence-corrected chi connectivity index (χ1v) is 7.64. The van der Waals surface area contributed by atoms with E-state index in [4.69, 9.17) is 0 Å². The maximum absolute atomic E-state index is 14.5. The van der Waals surface area contributed by atoms with Gasteiger partial charge in [-0.25, -0.2) is 8.78 Å². The van der Waals surface area contributed by atoms with Crippen LogP contribution in [0.25, 0.3) is 0 Å². The first-order valence-electron chi connectivity index (χ1n) is 7.64. The molecule has 2 rings (SSSR count). The fourth-order valence-corrected chi connectivity index (χ4v) is 3.52. The van der Waals surface area contributed by atoms with E-state index in [9.17, 15) is 8.78 Å². The first-order chi connectivity index (χ1) is 8.79. The maximum Gasteiger partial charge on any atom is 0.268 e. The minimum atomic E-state index is -2.53. The van der Waals surface area contributed by atoms with E-state index in [1.807, 2.05) is 4.90 Å². The molecule has 19 heavy (non-hydrogen) atoms. The molecule has 2 saturated heterocycles. The van der Waals surface area contributed by atoms with Crippen molar-refractivity contribution in [2.75, 3.05) is 32.7 Å². The van der Waals surface area contributed by atoms with Crippen molar-refractivity contribution in [3.05, 3.63) is 0 Å². The number of alkyl halides is 2. The summed E-state index contributed by atoms with van der Waals surface area (Å²) in [7, 11) is 0. The Hall–Kier alpha value is -0.220. The molecule has 1 spiro atoms. The van der Waals surface area contributed by atoms with Crippen molar-refractivity contribution < 1.29 is 8.78 Å². The second-order valence-electron chi connectivity index (χ2n) is 7.03. The molecule has 0 saturated carbocycles. The molecule has 1 atom stereocenters. The summed E-state index contributed by atoms with van der Waals surface area (Å²) in [6, 6.07) is 0.273. The summed E-state index contributed by atoms with van der Waals surface area (Å²) in [6.45, 7) is 11.3. The van der Waals surface area contributed by atoms with E-state index < -0.39 is 11.3 Å². The van der Waals surface area contributed by atoms with Gasteiger partial charge in [-0.15, -0.1) is 0 Å². The van der Waals surface area contributed by atoms with Crippen LogP contribution in [0.2, 0.25) is 0 Å². The lowest BCUT2D eigenvalue weighted by atomic mass is 9.68. The fourth-order valence-electron chi connectivity index (χ4n) is 3.52. The zero-order valence-corrected chi connectivity index (χ0v) is 12.8.